The minimum atomic E-state index is -0.901. The number of rotatable bonds is 6. The van der Waals surface area contributed by atoms with Gasteiger partial charge in [-0.05, 0) is 35.0 Å². The van der Waals surface area contributed by atoms with Crippen LogP contribution in [0.2, 0.25) is 5.02 Å². The van der Waals surface area contributed by atoms with Crippen LogP contribution in [-0.2, 0) is 4.79 Å². The topological polar surface area (TPSA) is 110 Å². The van der Waals surface area contributed by atoms with Gasteiger partial charge in [0.25, 0.3) is 5.91 Å². The van der Waals surface area contributed by atoms with E-state index in [1.54, 1.807) is 12.1 Å². The number of benzene rings is 1. The van der Waals surface area contributed by atoms with Crippen molar-refractivity contribution in [2.45, 2.75) is 12.8 Å². The summed E-state index contributed by atoms with van der Waals surface area (Å²) in [6, 6.07) is 4.76. The Morgan fingerprint density at radius 3 is 2.86 bits per heavy atom. The molecule has 1 amide bonds. The zero-order valence-corrected chi connectivity index (χ0v) is 11.6. The van der Waals surface area contributed by atoms with E-state index in [1.807, 2.05) is 0 Å². The van der Waals surface area contributed by atoms with Gasteiger partial charge in [-0.2, -0.15) is 4.68 Å². The van der Waals surface area contributed by atoms with Crippen LogP contribution in [0.5, 0.6) is 0 Å². The molecule has 0 atom stereocenters. The predicted octanol–water partition coefficient (Wildman–Crippen LogP) is 0.910. The second-order valence-corrected chi connectivity index (χ2v) is 4.61. The monoisotopic (exact) mass is 309 g/mol. The average Bonchev–Trinajstić information content (AvgIpc) is 2.97. The number of halogens is 1. The lowest BCUT2D eigenvalue weighted by molar-refractivity contribution is -0.137. The van der Waals surface area contributed by atoms with E-state index < -0.39 is 5.97 Å². The van der Waals surface area contributed by atoms with Crippen molar-refractivity contribution < 1.29 is 14.7 Å². The number of hydrogen-bond donors (Lipinski definition) is 2. The molecular weight excluding hydrogens is 298 g/mol. The quantitative estimate of drug-likeness (QED) is 0.767. The Kier molecular flexibility index (Phi) is 4.83. The molecule has 1 aromatic carbocycles. The molecule has 110 valence electrons. The van der Waals surface area contributed by atoms with Crippen molar-refractivity contribution >= 4 is 23.5 Å². The van der Waals surface area contributed by atoms with Crippen LogP contribution in [0.4, 0.5) is 0 Å². The summed E-state index contributed by atoms with van der Waals surface area (Å²) >= 11 is 5.91. The molecular formula is C12H12ClN5O3. The van der Waals surface area contributed by atoms with Crippen molar-refractivity contribution in [1.82, 2.24) is 25.5 Å². The molecule has 0 saturated heterocycles. The molecule has 2 rings (SSSR count). The molecule has 0 radical (unpaired) electrons. The zero-order chi connectivity index (χ0) is 15.2. The highest BCUT2D eigenvalue weighted by atomic mass is 35.5. The van der Waals surface area contributed by atoms with Crippen LogP contribution in [0.3, 0.4) is 0 Å². The number of carboxylic acid groups (broad SMARTS) is 1. The van der Waals surface area contributed by atoms with Crippen LogP contribution in [0.25, 0.3) is 5.69 Å². The van der Waals surface area contributed by atoms with Crippen molar-refractivity contribution in [3.8, 4) is 5.69 Å². The summed E-state index contributed by atoms with van der Waals surface area (Å²) in [5.74, 6) is -1.27. The molecule has 21 heavy (non-hydrogen) atoms. The van der Waals surface area contributed by atoms with E-state index >= 15 is 0 Å². The summed E-state index contributed by atoms with van der Waals surface area (Å²) in [6.45, 7) is 0.257. The van der Waals surface area contributed by atoms with E-state index in [2.05, 4.69) is 20.8 Å². The van der Waals surface area contributed by atoms with Gasteiger partial charge in [-0.15, -0.1) is 5.10 Å². The highest BCUT2D eigenvalue weighted by molar-refractivity contribution is 6.31. The van der Waals surface area contributed by atoms with Crippen LogP contribution >= 0.6 is 11.6 Å². The molecule has 1 aromatic heterocycles. The molecule has 0 unspecified atom stereocenters. The Labute approximate surface area is 124 Å². The number of amides is 1. The van der Waals surface area contributed by atoms with Gasteiger partial charge in [0.15, 0.2) is 0 Å². The molecule has 0 spiro atoms. The van der Waals surface area contributed by atoms with E-state index in [1.165, 1.54) is 17.1 Å². The van der Waals surface area contributed by atoms with Gasteiger partial charge in [-0.1, -0.05) is 11.6 Å². The standard InChI is InChI=1S/C12H12ClN5O3/c13-8-3-4-10(18-7-15-16-17-18)9(6-8)12(21)14-5-1-2-11(19)20/h3-4,6-7H,1-2,5H2,(H,14,21)(H,19,20). The van der Waals surface area contributed by atoms with Crippen LogP contribution in [0.1, 0.15) is 23.2 Å². The fourth-order valence-corrected chi connectivity index (χ4v) is 1.87. The first kappa shape index (κ1) is 14.9. The molecule has 1 heterocycles. The number of nitrogens with zero attached hydrogens (tertiary/aromatic N) is 4. The lowest BCUT2D eigenvalue weighted by Gasteiger charge is -2.09. The fraction of sp³-hybridized carbons (Fsp3) is 0.250. The van der Waals surface area contributed by atoms with E-state index in [-0.39, 0.29) is 18.9 Å². The second-order valence-electron chi connectivity index (χ2n) is 4.17. The van der Waals surface area contributed by atoms with Gasteiger partial charge in [0.2, 0.25) is 0 Å². The first-order valence-electron chi connectivity index (χ1n) is 6.11. The third-order valence-electron chi connectivity index (χ3n) is 2.65. The molecule has 9 heteroatoms. The fourth-order valence-electron chi connectivity index (χ4n) is 1.70. The molecule has 2 N–H and O–H groups in total. The Morgan fingerprint density at radius 2 is 2.19 bits per heavy atom. The summed E-state index contributed by atoms with van der Waals surface area (Å²) < 4.78 is 1.35. The number of aromatic nitrogens is 4. The number of hydrogen-bond acceptors (Lipinski definition) is 5. The van der Waals surface area contributed by atoms with Crippen molar-refractivity contribution in [3.63, 3.8) is 0 Å². The third-order valence-corrected chi connectivity index (χ3v) is 2.89. The molecule has 2 aromatic rings. The molecule has 0 aliphatic heterocycles. The van der Waals surface area contributed by atoms with E-state index in [0.29, 0.717) is 22.7 Å². The summed E-state index contributed by atoms with van der Waals surface area (Å²) in [4.78, 5) is 22.6. The predicted molar refractivity (Wildman–Crippen MR) is 73.4 cm³/mol. The lowest BCUT2D eigenvalue weighted by Crippen LogP contribution is -2.26. The molecule has 0 aliphatic carbocycles. The second kappa shape index (κ2) is 6.80. The van der Waals surface area contributed by atoms with Gasteiger partial charge in [0.1, 0.15) is 6.33 Å². The largest absolute Gasteiger partial charge is 0.481 e. The molecule has 0 aliphatic rings. The van der Waals surface area contributed by atoms with E-state index in [9.17, 15) is 9.59 Å². The maximum absolute atomic E-state index is 12.2. The van der Waals surface area contributed by atoms with Gasteiger partial charge < -0.3 is 10.4 Å². The number of aliphatic carboxylic acids is 1. The third kappa shape index (κ3) is 3.99. The highest BCUT2D eigenvalue weighted by Gasteiger charge is 2.14. The highest BCUT2D eigenvalue weighted by Crippen LogP contribution is 2.18. The Morgan fingerprint density at radius 1 is 1.38 bits per heavy atom. The maximum Gasteiger partial charge on any atom is 0.303 e. The number of carbonyl (C=O) groups is 2. The van der Waals surface area contributed by atoms with Gasteiger partial charge in [-0.25, -0.2) is 0 Å². The number of carboxylic acids is 1. The number of carbonyl (C=O) groups excluding carboxylic acids is 1. The van der Waals surface area contributed by atoms with Crippen molar-refractivity contribution in [2.24, 2.45) is 0 Å². The summed E-state index contributed by atoms with van der Waals surface area (Å²) in [7, 11) is 0. The average molecular weight is 310 g/mol. The molecule has 0 fully saturated rings. The van der Waals surface area contributed by atoms with E-state index in [0.717, 1.165) is 0 Å². The summed E-state index contributed by atoms with van der Waals surface area (Å²) in [6.07, 6.45) is 1.71. The Bertz CT molecular complexity index is 644. The molecule has 0 bridgehead atoms. The minimum Gasteiger partial charge on any atom is -0.481 e. The first-order valence-corrected chi connectivity index (χ1v) is 6.48. The van der Waals surface area contributed by atoms with Crippen LogP contribution in [0, 0.1) is 0 Å². The number of tetrazole rings is 1. The smallest absolute Gasteiger partial charge is 0.303 e. The Balaban J connectivity index is 2.12. The van der Waals surface area contributed by atoms with Gasteiger partial charge in [0.05, 0.1) is 11.3 Å². The molecule has 8 nitrogen and oxygen atoms in total. The van der Waals surface area contributed by atoms with E-state index in [4.69, 9.17) is 16.7 Å². The van der Waals surface area contributed by atoms with Gasteiger partial charge >= 0.3 is 5.97 Å². The number of nitrogens with one attached hydrogen (secondary N) is 1. The lowest BCUT2D eigenvalue weighted by atomic mass is 10.1. The van der Waals surface area contributed by atoms with Gasteiger partial charge in [0, 0.05) is 18.0 Å². The normalized spacial score (nSPS) is 10.3. The SMILES string of the molecule is O=C(O)CCCNC(=O)c1cc(Cl)ccc1-n1cnnn1. The van der Waals surface area contributed by atoms with Crippen LogP contribution < -0.4 is 5.32 Å². The van der Waals surface area contributed by atoms with Crippen LogP contribution in [-0.4, -0.2) is 43.7 Å². The van der Waals surface area contributed by atoms with Crippen molar-refractivity contribution in [2.75, 3.05) is 6.54 Å². The van der Waals surface area contributed by atoms with Gasteiger partial charge in [-0.3, -0.25) is 9.59 Å². The van der Waals surface area contributed by atoms with Crippen LogP contribution in [0.15, 0.2) is 24.5 Å². The zero-order valence-electron chi connectivity index (χ0n) is 10.9. The Hall–Kier alpha value is -2.48. The summed E-state index contributed by atoms with van der Waals surface area (Å²) in [5, 5.41) is 22.4. The van der Waals surface area contributed by atoms with Crippen molar-refractivity contribution in [1.29, 1.82) is 0 Å². The van der Waals surface area contributed by atoms with Crippen molar-refractivity contribution in [3.05, 3.63) is 35.1 Å². The maximum atomic E-state index is 12.2. The summed E-state index contributed by atoms with van der Waals surface area (Å²) in [5.41, 5.74) is 0.797. The first-order chi connectivity index (χ1) is 10.1. The molecule has 0 saturated carbocycles. The minimum absolute atomic E-state index is 0.00429.